The van der Waals surface area contributed by atoms with Crippen LogP contribution in [0, 0.1) is 5.41 Å². The highest BCUT2D eigenvalue weighted by atomic mass is 32.2. The Kier molecular flexibility index (Phi) is 2.92. The van der Waals surface area contributed by atoms with Gasteiger partial charge in [-0.15, -0.1) is 0 Å². The van der Waals surface area contributed by atoms with Crippen LogP contribution in [0.5, 0.6) is 0 Å². The number of amidine groups is 1. The molecule has 0 aromatic carbocycles. The number of pyridine rings is 1. The molecule has 0 aliphatic rings. The van der Waals surface area contributed by atoms with Crippen molar-refractivity contribution in [3.8, 4) is 0 Å². The number of hydrogen-bond acceptors (Lipinski definition) is 3. The molecule has 1 aromatic heterocycles. The highest BCUT2D eigenvalue weighted by Crippen LogP contribution is 2.09. The average molecular weight is 167 g/mol. The van der Waals surface area contributed by atoms with Gasteiger partial charge in [0.25, 0.3) is 0 Å². The molecule has 0 aliphatic heterocycles. The van der Waals surface area contributed by atoms with Gasteiger partial charge in [-0.25, -0.2) is 0 Å². The molecule has 1 aromatic rings. The van der Waals surface area contributed by atoms with E-state index < -0.39 is 0 Å². The summed E-state index contributed by atoms with van der Waals surface area (Å²) in [6.07, 6.45) is 3.46. The molecule has 4 heteroatoms. The molecule has 0 amide bonds. The molecule has 1 heterocycles. The topological polar surface area (TPSA) is 62.8 Å². The zero-order valence-electron chi connectivity index (χ0n) is 5.95. The minimum atomic E-state index is 0.154. The van der Waals surface area contributed by atoms with Gasteiger partial charge in [0.05, 0.1) is 0 Å². The maximum Gasteiger partial charge on any atom is 0.151 e. The SMILES string of the molecule is N=C(N)SCc1ccncc1. The second-order valence-corrected chi connectivity index (χ2v) is 3.03. The Morgan fingerprint density at radius 2 is 2.18 bits per heavy atom. The zero-order chi connectivity index (χ0) is 8.10. The normalized spacial score (nSPS) is 9.45. The van der Waals surface area contributed by atoms with E-state index in [2.05, 4.69) is 4.98 Å². The maximum atomic E-state index is 6.97. The highest BCUT2D eigenvalue weighted by molar-refractivity contribution is 8.13. The zero-order valence-corrected chi connectivity index (χ0v) is 6.77. The number of nitrogens with zero attached hydrogens (tertiary/aromatic N) is 1. The summed E-state index contributed by atoms with van der Waals surface area (Å²) in [5, 5.41) is 7.12. The minimum absolute atomic E-state index is 0.154. The van der Waals surface area contributed by atoms with Crippen molar-refractivity contribution in [2.45, 2.75) is 5.75 Å². The lowest BCUT2D eigenvalue weighted by Crippen LogP contribution is -2.03. The predicted molar refractivity (Wildman–Crippen MR) is 47.4 cm³/mol. The molecule has 0 spiro atoms. The molecular formula is C7H9N3S. The molecule has 0 fully saturated rings. The van der Waals surface area contributed by atoms with Crippen LogP contribution in [0.3, 0.4) is 0 Å². The van der Waals surface area contributed by atoms with Crippen LogP contribution in [0.2, 0.25) is 0 Å². The van der Waals surface area contributed by atoms with E-state index in [1.807, 2.05) is 12.1 Å². The molecule has 0 aliphatic carbocycles. The molecule has 58 valence electrons. The Morgan fingerprint density at radius 3 is 2.73 bits per heavy atom. The quantitative estimate of drug-likeness (QED) is 0.514. The van der Waals surface area contributed by atoms with E-state index in [-0.39, 0.29) is 5.17 Å². The van der Waals surface area contributed by atoms with Crippen LogP contribution in [-0.2, 0) is 5.75 Å². The molecular weight excluding hydrogens is 158 g/mol. The summed E-state index contributed by atoms with van der Waals surface area (Å²) in [7, 11) is 0. The Hall–Kier alpha value is -1.03. The van der Waals surface area contributed by atoms with Crippen LogP contribution < -0.4 is 5.73 Å². The highest BCUT2D eigenvalue weighted by Gasteiger charge is 1.92. The summed E-state index contributed by atoms with van der Waals surface area (Å²) in [6.45, 7) is 0. The Balaban J connectivity index is 2.45. The largest absolute Gasteiger partial charge is 0.379 e. The average Bonchev–Trinajstić information content (AvgIpc) is 2.03. The van der Waals surface area contributed by atoms with Crippen LogP contribution in [0.15, 0.2) is 24.5 Å². The summed E-state index contributed by atoms with van der Waals surface area (Å²) in [4.78, 5) is 3.88. The van der Waals surface area contributed by atoms with Gasteiger partial charge >= 0.3 is 0 Å². The summed E-state index contributed by atoms with van der Waals surface area (Å²) in [6, 6.07) is 3.83. The van der Waals surface area contributed by atoms with Crippen molar-refractivity contribution in [1.29, 1.82) is 5.41 Å². The number of aromatic nitrogens is 1. The number of nitrogens with two attached hydrogens (primary N) is 1. The van der Waals surface area contributed by atoms with E-state index in [0.717, 1.165) is 11.3 Å². The first-order valence-corrected chi connectivity index (χ1v) is 4.13. The van der Waals surface area contributed by atoms with Crippen molar-refractivity contribution >= 4 is 16.9 Å². The van der Waals surface area contributed by atoms with Gasteiger partial charge < -0.3 is 5.73 Å². The van der Waals surface area contributed by atoms with Gasteiger partial charge in [0.1, 0.15) is 0 Å². The summed E-state index contributed by atoms with van der Waals surface area (Å²) >= 11 is 1.32. The van der Waals surface area contributed by atoms with Crippen LogP contribution in [-0.4, -0.2) is 10.2 Å². The third-order valence-corrected chi connectivity index (χ3v) is 1.93. The third kappa shape index (κ3) is 3.04. The lowest BCUT2D eigenvalue weighted by Gasteiger charge is -1.97. The van der Waals surface area contributed by atoms with Gasteiger partial charge in [-0.1, -0.05) is 11.8 Å². The van der Waals surface area contributed by atoms with Gasteiger partial charge in [0.2, 0.25) is 0 Å². The molecule has 0 saturated heterocycles. The second kappa shape index (κ2) is 3.98. The lowest BCUT2D eigenvalue weighted by atomic mass is 10.3. The van der Waals surface area contributed by atoms with E-state index in [1.54, 1.807) is 12.4 Å². The summed E-state index contributed by atoms with van der Waals surface area (Å²) in [5.74, 6) is 0.748. The van der Waals surface area contributed by atoms with Gasteiger partial charge in [-0.05, 0) is 17.7 Å². The molecule has 0 bridgehead atoms. The van der Waals surface area contributed by atoms with E-state index >= 15 is 0 Å². The maximum absolute atomic E-state index is 6.97. The molecule has 1 rings (SSSR count). The van der Waals surface area contributed by atoms with E-state index in [4.69, 9.17) is 11.1 Å². The summed E-state index contributed by atoms with van der Waals surface area (Å²) in [5.41, 5.74) is 6.31. The molecule has 3 nitrogen and oxygen atoms in total. The monoisotopic (exact) mass is 167 g/mol. The Morgan fingerprint density at radius 1 is 1.55 bits per heavy atom. The first-order valence-electron chi connectivity index (χ1n) is 3.15. The van der Waals surface area contributed by atoms with Gasteiger partial charge in [0.15, 0.2) is 5.17 Å². The standard InChI is InChI=1S/C7H9N3S/c8-7(9)11-5-6-1-3-10-4-2-6/h1-4H,5H2,(H3,8,9). The van der Waals surface area contributed by atoms with Crippen LogP contribution in [0.25, 0.3) is 0 Å². The Labute approximate surface area is 69.5 Å². The fourth-order valence-electron chi connectivity index (χ4n) is 0.640. The van der Waals surface area contributed by atoms with Crippen LogP contribution in [0.4, 0.5) is 0 Å². The van der Waals surface area contributed by atoms with Crippen molar-refractivity contribution in [3.05, 3.63) is 30.1 Å². The number of rotatable bonds is 2. The lowest BCUT2D eigenvalue weighted by molar-refractivity contribution is 1.27. The number of hydrogen-bond donors (Lipinski definition) is 2. The van der Waals surface area contributed by atoms with Crippen LogP contribution >= 0.6 is 11.8 Å². The van der Waals surface area contributed by atoms with Crippen molar-refractivity contribution < 1.29 is 0 Å². The minimum Gasteiger partial charge on any atom is -0.379 e. The van der Waals surface area contributed by atoms with E-state index in [0.29, 0.717) is 0 Å². The second-order valence-electron chi connectivity index (χ2n) is 2.01. The fourth-order valence-corrected chi connectivity index (χ4v) is 1.15. The van der Waals surface area contributed by atoms with Crippen molar-refractivity contribution in [2.75, 3.05) is 0 Å². The number of thioether (sulfide) groups is 1. The molecule has 0 saturated carbocycles. The predicted octanol–water partition coefficient (Wildman–Crippen LogP) is 1.21. The Bertz CT molecular complexity index is 235. The molecule has 0 unspecified atom stereocenters. The third-order valence-electron chi connectivity index (χ3n) is 1.14. The molecule has 0 radical (unpaired) electrons. The van der Waals surface area contributed by atoms with E-state index in [1.165, 1.54) is 11.8 Å². The molecule has 11 heavy (non-hydrogen) atoms. The first kappa shape index (κ1) is 8.07. The molecule has 3 N–H and O–H groups in total. The fraction of sp³-hybridized carbons (Fsp3) is 0.143. The summed E-state index contributed by atoms with van der Waals surface area (Å²) < 4.78 is 0. The smallest absolute Gasteiger partial charge is 0.151 e. The van der Waals surface area contributed by atoms with Crippen LogP contribution in [0.1, 0.15) is 5.56 Å². The molecule has 0 atom stereocenters. The van der Waals surface area contributed by atoms with Gasteiger partial charge in [-0.3, -0.25) is 10.4 Å². The van der Waals surface area contributed by atoms with Crippen molar-refractivity contribution in [1.82, 2.24) is 4.98 Å². The van der Waals surface area contributed by atoms with Gasteiger partial charge in [-0.2, -0.15) is 0 Å². The van der Waals surface area contributed by atoms with Crippen molar-refractivity contribution in [3.63, 3.8) is 0 Å². The van der Waals surface area contributed by atoms with Crippen molar-refractivity contribution in [2.24, 2.45) is 5.73 Å². The van der Waals surface area contributed by atoms with E-state index in [9.17, 15) is 0 Å². The van der Waals surface area contributed by atoms with Gasteiger partial charge in [0, 0.05) is 18.1 Å². The number of nitrogens with one attached hydrogen (secondary N) is 1. The first-order chi connectivity index (χ1) is 5.29.